The SMILES string of the molecule is CCN1CCN(C(=O)C2CCN(S(=O)(=O)c3c(C)nn(-c4ccc(C)cc4)c3C)CC2)CC1. The summed E-state index contributed by atoms with van der Waals surface area (Å²) >= 11 is 0. The number of sulfonamides is 1. The monoisotopic (exact) mass is 473 g/mol. The van der Waals surface area contributed by atoms with E-state index in [0.717, 1.165) is 44.0 Å². The Kier molecular flexibility index (Phi) is 6.93. The second-order valence-electron chi connectivity index (χ2n) is 9.19. The zero-order valence-corrected chi connectivity index (χ0v) is 20.9. The largest absolute Gasteiger partial charge is 0.340 e. The van der Waals surface area contributed by atoms with Gasteiger partial charge in [0, 0.05) is 45.2 Å². The van der Waals surface area contributed by atoms with Crippen LogP contribution in [-0.4, -0.2) is 84.0 Å². The Morgan fingerprint density at radius 2 is 1.58 bits per heavy atom. The summed E-state index contributed by atoms with van der Waals surface area (Å²) in [5, 5.41) is 4.53. The second kappa shape index (κ2) is 9.56. The minimum absolute atomic E-state index is 0.0953. The molecule has 0 atom stereocenters. The maximum atomic E-state index is 13.5. The highest BCUT2D eigenvalue weighted by Crippen LogP contribution is 2.30. The van der Waals surface area contributed by atoms with Crippen molar-refractivity contribution < 1.29 is 13.2 Å². The van der Waals surface area contributed by atoms with Crippen molar-refractivity contribution in [3.8, 4) is 5.69 Å². The molecule has 8 nitrogen and oxygen atoms in total. The number of amides is 1. The van der Waals surface area contributed by atoms with Crippen LogP contribution in [0.4, 0.5) is 0 Å². The van der Waals surface area contributed by atoms with Gasteiger partial charge >= 0.3 is 0 Å². The predicted molar refractivity (Wildman–Crippen MR) is 128 cm³/mol. The highest BCUT2D eigenvalue weighted by atomic mass is 32.2. The molecular formula is C24H35N5O3S. The summed E-state index contributed by atoms with van der Waals surface area (Å²) in [5.74, 6) is 0.0875. The van der Waals surface area contributed by atoms with Crippen LogP contribution in [0.15, 0.2) is 29.2 Å². The van der Waals surface area contributed by atoms with Gasteiger partial charge in [-0.15, -0.1) is 0 Å². The number of piperidine rings is 1. The van der Waals surface area contributed by atoms with Gasteiger partial charge in [0.25, 0.3) is 0 Å². The minimum Gasteiger partial charge on any atom is -0.340 e. The van der Waals surface area contributed by atoms with Crippen LogP contribution in [0, 0.1) is 26.7 Å². The summed E-state index contributed by atoms with van der Waals surface area (Å²) in [6.45, 7) is 12.8. The van der Waals surface area contributed by atoms with Crippen LogP contribution >= 0.6 is 0 Å². The first-order valence-electron chi connectivity index (χ1n) is 11.9. The van der Waals surface area contributed by atoms with E-state index in [0.29, 0.717) is 37.3 Å². The third kappa shape index (κ3) is 4.72. The number of benzene rings is 1. The van der Waals surface area contributed by atoms with Gasteiger partial charge in [0.05, 0.1) is 17.1 Å². The first-order valence-corrected chi connectivity index (χ1v) is 13.3. The molecule has 0 aliphatic carbocycles. The average Bonchev–Trinajstić information content (AvgIpc) is 3.13. The van der Waals surface area contributed by atoms with Gasteiger partial charge in [-0.3, -0.25) is 4.79 Å². The highest BCUT2D eigenvalue weighted by molar-refractivity contribution is 7.89. The molecular weight excluding hydrogens is 438 g/mol. The third-order valence-corrected chi connectivity index (χ3v) is 9.19. The molecule has 2 aliphatic rings. The van der Waals surface area contributed by atoms with Crippen molar-refractivity contribution >= 4 is 15.9 Å². The zero-order valence-electron chi connectivity index (χ0n) is 20.1. The van der Waals surface area contributed by atoms with E-state index in [2.05, 4.69) is 16.9 Å². The molecule has 2 saturated heterocycles. The van der Waals surface area contributed by atoms with Gasteiger partial charge in [0.1, 0.15) is 4.90 Å². The lowest BCUT2D eigenvalue weighted by Crippen LogP contribution is -2.51. The fraction of sp³-hybridized carbons (Fsp3) is 0.583. The zero-order chi connectivity index (χ0) is 23.8. The molecule has 0 radical (unpaired) electrons. The summed E-state index contributed by atoms with van der Waals surface area (Å²) in [4.78, 5) is 17.6. The summed E-state index contributed by atoms with van der Waals surface area (Å²) in [6, 6.07) is 7.87. The topological polar surface area (TPSA) is 78.8 Å². The average molecular weight is 474 g/mol. The van der Waals surface area contributed by atoms with E-state index >= 15 is 0 Å². The number of piperazine rings is 1. The molecule has 0 bridgehead atoms. The van der Waals surface area contributed by atoms with E-state index in [1.807, 2.05) is 36.1 Å². The Hall–Kier alpha value is -2.23. The molecule has 1 aromatic carbocycles. The third-order valence-electron chi connectivity index (χ3n) is 7.04. The molecule has 180 valence electrons. The fourth-order valence-corrected chi connectivity index (χ4v) is 6.78. The van der Waals surface area contributed by atoms with E-state index in [1.54, 1.807) is 18.5 Å². The number of aryl methyl sites for hydroxylation is 2. The summed E-state index contributed by atoms with van der Waals surface area (Å²) in [6.07, 6.45) is 1.13. The quantitative estimate of drug-likeness (QED) is 0.666. The standard InChI is InChI=1S/C24H35N5O3S/c1-5-26-14-16-27(17-15-26)24(30)21-10-12-28(13-11-21)33(31,32)23-19(3)25-29(20(23)4)22-8-6-18(2)7-9-22/h6-9,21H,5,10-17H2,1-4H3. The predicted octanol–water partition coefficient (Wildman–Crippen LogP) is 2.36. The van der Waals surface area contributed by atoms with Crippen LogP contribution in [-0.2, 0) is 14.8 Å². The maximum Gasteiger partial charge on any atom is 0.246 e. The molecule has 0 unspecified atom stereocenters. The summed E-state index contributed by atoms with van der Waals surface area (Å²) < 4.78 is 30.3. The molecule has 0 N–H and O–H groups in total. The van der Waals surface area contributed by atoms with Crippen LogP contribution in [0.3, 0.4) is 0 Å². The van der Waals surface area contributed by atoms with Gasteiger partial charge in [0.15, 0.2) is 0 Å². The number of carbonyl (C=O) groups is 1. The Morgan fingerprint density at radius 3 is 2.15 bits per heavy atom. The van der Waals surface area contributed by atoms with Crippen molar-refractivity contribution in [3.05, 3.63) is 41.2 Å². The van der Waals surface area contributed by atoms with Crippen LogP contribution < -0.4 is 0 Å². The lowest BCUT2D eigenvalue weighted by atomic mass is 9.96. The number of hydrogen-bond donors (Lipinski definition) is 0. The summed E-state index contributed by atoms with van der Waals surface area (Å²) in [5.41, 5.74) is 3.09. The van der Waals surface area contributed by atoms with Crippen LogP contribution in [0.2, 0.25) is 0 Å². The molecule has 2 fully saturated rings. The number of hydrogen-bond acceptors (Lipinski definition) is 5. The van der Waals surface area contributed by atoms with Gasteiger partial charge in [-0.25, -0.2) is 13.1 Å². The summed E-state index contributed by atoms with van der Waals surface area (Å²) in [7, 11) is -3.68. The van der Waals surface area contributed by atoms with Gasteiger partial charge in [-0.05, 0) is 52.3 Å². The normalized spacial score (nSPS) is 19.2. The molecule has 1 aromatic heterocycles. The molecule has 0 saturated carbocycles. The first-order chi connectivity index (χ1) is 15.7. The Balaban J connectivity index is 1.45. The van der Waals surface area contributed by atoms with Crippen molar-refractivity contribution in [3.63, 3.8) is 0 Å². The van der Waals surface area contributed by atoms with Gasteiger partial charge in [-0.2, -0.15) is 9.40 Å². The van der Waals surface area contributed by atoms with Gasteiger partial charge in [0.2, 0.25) is 15.9 Å². The number of aromatic nitrogens is 2. The van der Waals surface area contributed by atoms with Gasteiger partial charge < -0.3 is 9.80 Å². The molecule has 3 heterocycles. The Labute approximate surface area is 197 Å². The molecule has 4 rings (SSSR count). The minimum atomic E-state index is -3.68. The molecule has 0 spiro atoms. The van der Waals surface area contributed by atoms with Crippen molar-refractivity contribution in [2.75, 3.05) is 45.8 Å². The Morgan fingerprint density at radius 1 is 0.970 bits per heavy atom. The van der Waals surface area contributed by atoms with Crippen molar-refractivity contribution in [2.24, 2.45) is 5.92 Å². The van der Waals surface area contributed by atoms with E-state index in [-0.39, 0.29) is 16.7 Å². The smallest absolute Gasteiger partial charge is 0.246 e. The maximum absolute atomic E-state index is 13.5. The van der Waals surface area contributed by atoms with Gasteiger partial charge in [-0.1, -0.05) is 24.6 Å². The van der Waals surface area contributed by atoms with Crippen LogP contribution in [0.1, 0.15) is 36.7 Å². The van der Waals surface area contributed by atoms with Crippen molar-refractivity contribution in [1.29, 1.82) is 0 Å². The Bertz CT molecular complexity index is 1090. The van der Waals surface area contributed by atoms with E-state index in [1.165, 1.54) is 4.31 Å². The molecule has 9 heteroatoms. The van der Waals surface area contributed by atoms with Crippen molar-refractivity contribution in [1.82, 2.24) is 23.9 Å². The lowest BCUT2D eigenvalue weighted by molar-refractivity contribution is -0.138. The molecule has 1 amide bonds. The number of carbonyl (C=O) groups excluding carboxylic acids is 1. The highest BCUT2D eigenvalue weighted by Gasteiger charge is 2.37. The van der Waals surface area contributed by atoms with Crippen LogP contribution in [0.25, 0.3) is 5.69 Å². The number of likely N-dealkylation sites (N-methyl/N-ethyl adjacent to an activating group) is 1. The lowest BCUT2D eigenvalue weighted by Gasteiger charge is -2.38. The van der Waals surface area contributed by atoms with Crippen LogP contribution in [0.5, 0.6) is 0 Å². The molecule has 2 aromatic rings. The van der Waals surface area contributed by atoms with Crippen molar-refractivity contribution in [2.45, 2.75) is 45.4 Å². The number of rotatable bonds is 5. The van der Waals surface area contributed by atoms with E-state index in [4.69, 9.17) is 0 Å². The molecule has 2 aliphatic heterocycles. The van der Waals surface area contributed by atoms with E-state index < -0.39 is 10.0 Å². The molecule has 33 heavy (non-hydrogen) atoms. The second-order valence-corrected chi connectivity index (χ2v) is 11.1. The fourth-order valence-electron chi connectivity index (χ4n) is 4.95. The van der Waals surface area contributed by atoms with E-state index in [9.17, 15) is 13.2 Å². The first kappa shape index (κ1) is 23.9. The number of nitrogens with zero attached hydrogens (tertiary/aromatic N) is 5.